The standard InChI is InChI=1S/C20H21N3O4/c1-23(12-19(25)21-15-5-3-2-4-6-15)20(26)13-27-16-8-9-17-14(11-16)7-10-18(24)22-17/h2-6,8-9,11H,7,10,12-13H2,1H3,(H,21,25)(H,22,24). The summed E-state index contributed by atoms with van der Waals surface area (Å²) >= 11 is 0. The number of amides is 3. The van der Waals surface area contributed by atoms with Crippen molar-refractivity contribution in [1.82, 2.24) is 4.90 Å². The maximum absolute atomic E-state index is 12.2. The zero-order valence-electron chi connectivity index (χ0n) is 15.0. The van der Waals surface area contributed by atoms with E-state index in [0.717, 1.165) is 11.3 Å². The number of fused-ring (bicyclic) bond motifs is 1. The maximum Gasteiger partial charge on any atom is 0.260 e. The van der Waals surface area contributed by atoms with Crippen LogP contribution in [0.15, 0.2) is 48.5 Å². The van der Waals surface area contributed by atoms with Crippen molar-refractivity contribution < 1.29 is 19.1 Å². The van der Waals surface area contributed by atoms with E-state index < -0.39 is 0 Å². The Labute approximate surface area is 157 Å². The fourth-order valence-electron chi connectivity index (χ4n) is 2.73. The second kappa shape index (κ2) is 8.35. The fourth-order valence-corrected chi connectivity index (χ4v) is 2.73. The van der Waals surface area contributed by atoms with Crippen LogP contribution < -0.4 is 15.4 Å². The van der Waals surface area contributed by atoms with Gasteiger partial charge in [-0.1, -0.05) is 18.2 Å². The van der Waals surface area contributed by atoms with E-state index in [4.69, 9.17) is 4.74 Å². The Morgan fingerprint density at radius 2 is 1.93 bits per heavy atom. The van der Waals surface area contributed by atoms with Crippen molar-refractivity contribution in [2.45, 2.75) is 12.8 Å². The summed E-state index contributed by atoms with van der Waals surface area (Å²) in [5.41, 5.74) is 2.44. The Bertz CT molecular complexity index is 852. The minimum Gasteiger partial charge on any atom is -0.484 e. The molecule has 1 heterocycles. The summed E-state index contributed by atoms with van der Waals surface area (Å²) in [7, 11) is 1.55. The molecule has 7 heteroatoms. The minimum absolute atomic E-state index is 0.00162. The van der Waals surface area contributed by atoms with Crippen molar-refractivity contribution in [3.05, 3.63) is 54.1 Å². The molecule has 2 N–H and O–H groups in total. The number of carbonyl (C=O) groups excluding carboxylic acids is 3. The molecule has 3 rings (SSSR count). The van der Waals surface area contributed by atoms with Gasteiger partial charge in [0.25, 0.3) is 5.91 Å². The van der Waals surface area contributed by atoms with Crippen LogP contribution >= 0.6 is 0 Å². The number of aryl methyl sites for hydroxylation is 1. The van der Waals surface area contributed by atoms with Gasteiger partial charge in [0, 0.05) is 24.8 Å². The van der Waals surface area contributed by atoms with Crippen LogP contribution in [0.1, 0.15) is 12.0 Å². The average molecular weight is 367 g/mol. The van der Waals surface area contributed by atoms with Gasteiger partial charge in [0.15, 0.2) is 6.61 Å². The molecular weight excluding hydrogens is 346 g/mol. The molecular formula is C20H21N3O4. The largest absolute Gasteiger partial charge is 0.484 e. The number of hydrogen-bond donors (Lipinski definition) is 2. The molecule has 0 fully saturated rings. The lowest BCUT2D eigenvalue weighted by molar-refractivity contribution is -0.135. The number of nitrogens with zero attached hydrogens (tertiary/aromatic N) is 1. The first-order valence-corrected chi connectivity index (χ1v) is 8.66. The first-order chi connectivity index (χ1) is 13.0. The summed E-state index contributed by atoms with van der Waals surface area (Å²) in [6, 6.07) is 14.4. The molecule has 0 aliphatic carbocycles. The highest BCUT2D eigenvalue weighted by Crippen LogP contribution is 2.26. The summed E-state index contributed by atoms with van der Waals surface area (Å²) in [5, 5.41) is 5.53. The Balaban J connectivity index is 1.48. The smallest absolute Gasteiger partial charge is 0.260 e. The summed E-state index contributed by atoms with van der Waals surface area (Å²) in [6.07, 6.45) is 1.08. The molecule has 0 bridgehead atoms. The maximum atomic E-state index is 12.2. The van der Waals surface area contributed by atoms with Gasteiger partial charge < -0.3 is 20.3 Å². The van der Waals surface area contributed by atoms with Crippen molar-refractivity contribution in [2.24, 2.45) is 0 Å². The normalized spacial score (nSPS) is 12.6. The molecule has 27 heavy (non-hydrogen) atoms. The van der Waals surface area contributed by atoms with Crippen molar-refractivity contribution in [3.8, 4) is 5.75 Å². The van der Waals surface area contributed by atoms with E-state index in [0.29, 0.717) is 24.3 Å². The predicted molar refractivity (Wildman–Crippen MR) is 102 cm³/mol. The topological polar surface area (TPSA) is 87.7 Å². The zero-order valence-corrected chi connectivity index (χ0v) is 15.0. The molecule has 0 unspecified atom stereocenters. The lowest BCUT2D eigenvalue weighted by atomic mass is 10.0. The van der Waals surface area contributed by atoms with Gasteiger partial charge in [-0.2, -0.15) is 0 Å². The number of anilines is 2. The van der Waals surface area contributed by atoms with Crippen LogP contribution in [0, 0.1) is 0 Å². The number of rotatable bonds is 6. The lowest BCUT2D eigenvalue weighted by Crippen LogP contribution is -2.37. The zero-order chi connectivity index (χ0) is 19.2. The number of para-hydroxylation sites is 1. The molecule has 0 saturated heterocycles. The van der Waals surface area contributed by atoms with Crippen molar-refractivity contribution in [2.75, 3.05) is 30.8 Å². The number of ether oxygens (including phenoxy) is 1. The molecule has 3 amide bonds. The molecule has 0 aromatic heterocycles. The molecule has 2 aromatic rings. The first-order valence-electron chi connectivity index (χ1n) is 8.66. The van der Waals surface area contributed by atoms with Crippen LogP contribution in [0.4, 0.5) is 11.4 Å². The van der Waals surface area contributed by atoms with Gasteiger partial charge in [0.05, 0.1) is 6.54 Å². The highest BCUT2D eigenvalue weighted by atomic mass is 16.5. The van der Waals surface area contributed by atoms with E-state index in [1.165, 1.54) is 4.90 Å². The molecule has 0 radical (unpaired) electrons. The molecule has 0 spiro atoms. The molecule has 0 atom stereocenters. The second-order valence-electron chi connectivity index (χ2n) is 6.32. The van der Waals surface area contributed by atoms with E-state index >= 15 is 0 Å². The Hall–Kier alpha value is -3.35. The molecule has 140 valence electrons. The molecule has 7 nitrogen and oxygen atoms in total. The van der Waals surface area contributed by atoms with Crippen LogP contribution in [0.5, 0.6) is 5.75 Å². The van der Waals surface area contributed by atoms with E-state index in [9.17, 15) is 14.4 Å². The lowest BCUT2D eigenvalue weighted by Gasteiger charge is -2.19. The van der Waals surface area contributed by atoms with Gasteiger partial charge in [0.1, 0.15) is 5.75 Å². The summed E-state index contributed by atoms with van der Waals surface area (Å²) in [5.74, 6) is -0.0204. The van der Waals surface area contributed by atoms with Crippen LogP contribution in [0.25, 0.3) is 0 Å². The number of nitrogens with one attached hydrogen (secondary N) is 2. The monoisotopic (exact) mass is 367 g/mol. The number of benzene rings is 2. The van der Waals surface area contributed by atoms with Crippen molar-refractivity contribution in [3.63, 3.8) is 0 Å². The second-order valence-corrected chi connectivity index (χ2v) is 6.32. The molecule has 0 saturated carbocycles. The van der Waals surface area contributed by atoms with Crippen LogP contribution in [-0.4, -0.2) is 42.8 Å². The highest BCUT2D eigenvalue weighted by Gasteiger charge is 2.17. The molecule has 1 aliphatic rings. The van der Waals surface area contributed by atoms with Crippen LogP contribution in [0.2, 0.25) is 0 Å². The van der Waals surface area contributed by atoms with Gasteiger partial charge in [0.2, 0.25) is 11.8 Å². The third-order valence-corrected chi connectivity index (χ3v) is 4.20. The van der Waals surface area contributed by atoms with Crippen molar-refractivity contribution in [1.29, 1.82) is 0 Å². The van der Waals surface area contributed by atoms with E-state index in [2.05, 4.69) is 10.6 Å². The van der Waals surface area contributed by atoms with Gasteiger partial charge in [-0.05, 0) is 42.3 Å². The Morgan fingerprint density at radius 3 is 2.70 bits per heavy atom. The fraction of sp³-hybridized carbons (Fsp3) is 0.250. The van der Waals surface area contributed by atoms with Gasteiger partial charge in [-0.25, -0.2) is 0 Å². The number of hydrogen-bond acceptors (Lipinski definition) is 4. The highest BCUT2D eigenvalue weighted by molar-refractivity contribution is 5.95. The van der Waals surface area contributed by atoms with E-state index in [-0.39, 0.29) is 30.9 Å². The van der Waals surface area contributed by atoms with Crippen molar-refractivity contribution >= 4 is 29.1 Å². The van der Waals surface area contributed by atoms with Gasteiger partial charge >= 0.3 is 0 Å². The summed E-state index contributed by atoms with van der Waals surface area (Å²) < 4.78 is 5.55. The summed E-state index contributed by atoms with van der Waals surface area (Å²) in [4.78, 5) is 36.9. The first kappa shape index (κ1) is 18.4. The number of likely N-dealkylation sites (N-methyl/N-ethyl adjacent to an activating group) is 1. The van der Waals surface area contributed by atoms with Gasteiger partial charge in [-0.3, -0.25) is 14.4 Å². The molecule has 1 aliphatic heterocycles. The molecule has 2 aromatic carbocycles. The van der Waals surface area contributed by atoms with E-state index in [1.54, 1.807) is 31.3 Å². The number of carbonyl (C=O) groups is 3. The predicted octanol–water partition coefficient (Wildman–Crippen LogP) is 2.05. The quantitative estimate of drug-likeness (QED) is 0.818. The van der Waals surface area contributed by atoms with Gasteiger partial charge in [-0.15, -0.1) is 0 Å². The summed E-state index contributed by atoms with van der Waals surface area (Å²) in [6.45, 7) is -0.229. The average Bonchev–Trinajstić information content (AvgIpc) is 2.66. The third kappa shape index (κ3) is 5.07. The van der Waals surface area contributed by atoms with E-state index in [1.807, 2.05) is 24.3 Å². The Morgan fingerprint density at radius 1 is 1.15 bits per heavy atom. The minimum atomic E-state index is -0.302. The Kier molecular flexibility index (Phi) is 5.71. The van der Waals surface area contributed by atoms with Crippen LogP contribution in [0.3, 0.4) is 0 Å². The SMILES string of the molecule is CN(CC(=O)Nc1ccccc1)C(=O)COc1ccc2c(c1)CCC(=O)N2. The third-order valence-electron chi connectivity index (χ3n) is 4.20. The van der Waals surface area contributed by atoms with Crippen LogP contribution in [-0.2, 0) is 20.8 Å².